The molecule has 134 valence electrons. The molecule has 5 nitrogen and oxygen atoms in total. The van der Waals surface area contributed by atoms with Gasteiger partial charge in [-0.2, -0.15) is 0 Å². The van der Waals surface area contributed by atoms with Crippen molar-refractivity contribution in [3.05, 3.63) is 0 Å². The zero-order valence-electron chi connectivity index (χ0n) is 14.7. The van der Waals surface area contributed by atoms with Crippen LogP contribution in [0.4, 0.5) is 0 Å². The van der Waals surface area contributed by atoms with E-state index in [-0.39, 0.29) is 12.3 Å². The number of unbranched alkanes of at least 4 members (excludes halogenated alkanes) is 10. The smallest absolute Gasteiger partial charge is 0.334 e. The molecule has 5 heteroatoms. The Bertz CT molecular complexity index is 341. The number of carbonyl (C=O) groups is 3. The van der Waals surface area contributed by atoms with Crippen molar-refractivity contribution in [1.29, 1.82) is 0 Å². The molecule has 0 aliphatic rings. The minimum Gasteiger partial charge on any atom is -0.479 e. The Morgan fingerprint density at radius 2 is 1.26 bits per heavy atom. The van der Waals surface area contributed by atoms with Crippen LogP contribution in [0.15, 0.2) is 0 Å². The largest absolute Gasteiger partial charge is 0.479 e. The third kappa shape index (κ3) is 12.8. The summed E-state index contributed by atoms with van der Waals surface area (Å²) in [5.74, 6) is -2.21. The van der Waals surface area contributed by atoms with Gasteiger partial charge in [-0.25, -0.2) is 4.79 Å². The quantitative estimate of drug-likeness (QED) is 0.353. The molecule has 0 fully saturated rings. The van der Waals surface area contributed by atoms with E-state index in [1.54, 1.807) is 0 Å². The molecule has 0 heterocycles. The summed E-state index contributed by atoms with van der Waals surface area (Å²) in [5.41, 5.74) is 0. The molecule has 0 bridgehead atoms. The van der Waals surface area contributed by atoms with Gasteiger partial charge >= 0.3 is 5.97 Å². The summed E-state index contributed by atoms with van der Waals surface area (Å²) >= 11 is 0. The number of carboxylic acids is 1. The standard InChI is InChI=1S/C18H33NO4/c1-3-4-5-6-7-8-9-10-11-12-13-14-16(21)19-17(15(2)20)18(22)23/h17H,3-14H2,1-2H3,(H,19,21)(H,22,23). The van der Waals surface area contributed by atoms with Crippen molar-refractivity contribution in [1.82, 2.24) is 5.32 Å². The molecule has 0 spiro atoms. The van der Waals surface area contributed by atoms with Crippen LogP contribution in [-0.2, 0) is 14.4 Å². The molecule has 0 aliphatic heterocycles. The molecule has 0 saturated heterocycles. The zero-order valence-corrected chi connectivity index (χ0v) is 14.7. The molecular formula is C18H33NO4. The van der Waals surface area contributed by atoms with E-state index in [0.29, 0.717) is 0 Å². The highest BCUT2D eigenvalue weighted by atomic mass is 16.4. The first-order valence-corrected chi connectivity index (χ1v) is 9.01. The maximum Gasteiger partial charge on any atom is 0.334 e. The van der Waals surface area contributed by atoms with Crippen LogP contribution in [-0.4, -0.2) is 28.8 Å². The van der Waals surface area contributed by atoms with Gasteiger partial charge in [-0.3, -0.25) is 9.59 Å². The third-order valence-corrected chi connectivity index (χ3v) is 3.97. The number of rotatable bonds is 15. The summed E-state index contributed by atoms with van der Waals surface area (Å²) in [6.07, 6.45) is 13.5. The lowest BCUT2D eigenvalue weighted by molar-refractivity contribution is -0.145. The molecule has 23 heavy (non-hydrogen) atoms. The fourth-order valence-corrected chi connectivity index (χ4v) is 2.52. The Morgan fingerprint density at radius 3 is 1.65 bits per heavy atom. The summed E-state index contributed by atoms with van der Waals surface area (Å²) in [4.78, 5) is 33.5. The van der Waals surface area contributed by atoms with Crippen molar-refractivity contribution in [3.8, 4) is 0 Å². The molecule has 0 aromatic heterocycles. The normalized spacial score (nSPS) is 11.9. The van der Waals surface area contributed by atoms with Gasteiger partial charge in [0.2, 0.25) is 5.91 Å². The second-order valence-corrected chi connectivity index (χ2v) is 6.23. The van der Waals surface area contributed by atoms with Gasteiger partial charge < -0.3 is 10.4 Å². The minimum atomic E-state index is -1.41. The van der Waals surface area contributed by atoms with E-state index in [1.807, 2.05) is 0 Å². The lowest BCUT2D eigenvalue weighted by atomic mass is 10.1. The molecule has 0 radical (unpaired) electrons. The maximum absolute atomic E-state index is 11.6. The molecule has 0 aromatic rings. The van der Waals surface area contributed by atoms with Gasteiger partial charge in [0.25, 0.3) is 0 Å². The van der Waals surface area contributed by atoms with Crippen LogP contribution in [0, 0.1) is 0 Å². The minimum absolute atomic E-state index is 0.286. The fraction of sp³-hybridized carbons (Fsp3) is 0.833. The van der Waals surface area contributed by atoms with E-state index >= 15 is 0 Å². The van der Waals surface area contributed by atoms with Crippen molar-refractivity contribution in [2.45, 2.75) is 96.9 Å². The second-order valence-electron chi connectivity index (χ2n) is 6.23. The Hall–Kier alpha value is -1.39. The van der Waals surface area contributed by atoms with Crippen molar-refractivity contribution in [2.75, 3.05) is 0 Å². The molecule has 1 unspecified atom stereocenters. The van der Waals surface area contributed by atoms with E-state index in [4.69, 9.17) is 5.11 Å². The lowest BCUT2D eigenvalue weighted by Gasteiger charge is -2.11. The van der Waals surface area contributed by atoms with Crippen LogP contribution in [0.5, 0.6) is 0 Å². The number of carboxylic acid groups (broad SMARTS) is 1. The van der Waals surface area contributed by atoms with Gasteiger partial charge in [0, 0.05) is 6.42 Å². The first-order valence-electron chi connectivity index (χ1n) is 9.01. The number of aliphatic carboxylic acids is 1. The maximum atomic E-state index is 11.6. The van der Waals surface area contributed by atoms with Gasteiger partial charge in [0.15, 0.2) is 11.8 Å². The van der Waals surface area contributed by atoms with Gasteiger partial charge in [-0.1, -0.05) is 71.1 Å². The number of ketones is 1. The first kappa shape index (κ1) is 21.6. The molecule has 0 saturated carbocycles. The van der Waals surface area contributed by atoms with Crippen LogP contribution in [0.25, 0.3) is 0 Å². The average molecular weight is 327 g/mol. The number of carbonyl (C=O) groups excluding carboxylic acids is 2. The molecule has 0 aliphatic carbocycles. The van der Waals surface area contributed by atoms with Gasteiger partial charge in [-0.15, -0.1) is 0 Å². The monoisotopic (exact) mass is 327 g/mol. The first-order chi connectivity index (χ1) is 11.0. The van der Waals surface area contributed by atoms with Crippen LogP contribution in [0.1, 0.15) is 90.9 Å². The van der Waals surface area contributed by atoms with Crippen molar-refractivity contribution >= 4 is 17.7 Å². The molecular weight excluding hydrogens is 294 g/mol. The van der Waals surface area contributed by atoms with E-state index < -0.39 is 17.8 Å². The van der Waals surface area contributed by atoms with Crippen molar-refractivity contribution in [2.24, 2.45) is 0 Å². The topological polar surface area (TPSA) is 83.5 Å². The van der Waals surface area contributed by atoms with E-state index in [9.17, 15) is 14.4 Å². The SMILES string of the molecule is CCCCCCCCCCCCCC(=O)NC(C(C)=O)C(=O)O. The number of amides is 1. The fourth-order valence-electron chi connectivity index (χ4n) is 2.52. The summed E-state index contributed by atoms with van der Waals surface area (Å²) < 4.78 is 0. The molecule has 0 aromatic carbocycles. The summed E-state index contributed by atoms with van der Waals surface area (Å²) in [5, 5.41) is 11.1. The summed E-state index contributed by atoms with van der Waals surface area (Å²) in [7, 11) is 0. The molecule has 0 rings (SSSR count). The Labute approximate surface area is 140 Å². The summed E-state index contributed by atoms with van der Waals surface area (Å²) in [6, 6.07) is -1.41. The molecule has 1 amide bonds. The third-order valence-electron chi connectivity index (χ3n) is 3.97. The van der Waals surface area contributed by atoms with E-state index in [0.717, 1.165) is 19.3 Å². The molecule has 2 N–H and O–H groups in total. The number of hydrogen-bond donors (Lipinski definition) is 2. The number of Topliss-reactive ketones (excluding diaryl/α,β-unsaturated/α-hetero) is 1. The van der Waals surface area contributed by atoms with Crippen molar-refractivity contribution in [3.63, 3.8) is 0 Å². The van der Waals surface area contributed by atoms with Crippen LogP contribution in [0.3, 0.4) is 0 Å². The number of nitrogens with one attached hydrogen (secondary N) is 1. The van der Waals surface area contributed by atoms with Crippen LogP contribution in [0.2, 0.25) is 0 Å². The zero-order chi connectivity index (χ0) is 17.5. The van der Waals surface area contributed by atoms with Gasteiger partial charge in [0.1, 0.15) is 0 Å². The second kappa shape index (κ2) is 14.2. The highest BCUT2D eigenvalue weighted by Gasteiger charge is 2.23. The summed E-state index contributed by atoms with van der Waals surface area (Å²) in [6.45, 7) is 3.39. The highest BCUT2D eigenvalue weighted by Crippen LogP contribution is 2.11. The Morgan fingerprint density at radius 1 is 0.826 bits per heavy atom. The van der Waals surface area contributed by atoms with Gasteiger partial charge in [0.05, 0.1) is 0 Å². The lowest BCUT2D eigenvalue weighted by Crippen LogP contribution is -2.45. The Kier molecular flexibility index (Phi) is 13.4. The van der Waals surface area contributed by atoms with Crippen molar-refractivity contribution < 1.29 is 19.5 Å². The number of hydrogen-bond acceptors (Lipinski definition) is 3. The Balaban J connectivity index is 3.49. The average Bonchev–Trinajstić information content (AvgIpc) is 2.49. The van der Waals surface area contributed by atoms with E-state index in [1.165, 1.54) is 58.3 Å². The predicted octanol–water partition coefficient (Wildman–Crippen LogP) is 3.85. The van der Waals surface area contributed by atoms with Crippen LogP contribution >= 0.6 is 0 Å². The van der Waals surface area contributed by atoms with Gasteiger partial charge in [-0.05, 0) is 13.3 Å². The highest BCUT2D eigenvalue weighted by molar-refractivity contribution is 6.03. The predicted molar refractivity (Wildman–Crippen MR) is 91.3 cm³/mol. The van der Waals surface area contributed by atoms with Crippen LogP contribution < -0.4 is 5.32 Å². The van der Waals surface area contributed by atoms with E-state index in [2.05, 4.69) is 12.2 Å². The molecule has 1 atom stereocenters.